The van der Waals surface area contributed by atoms with Gasteiger partial charge in [-0.05, 0) is 67.8 Å². The van der Waals surface area contributed by atoms with Gasteiger partial charge in [-0.1, -0.05) is 0 Å². The quantitative estimate of drug-likeness (QED) is 0.742. The fourth-order valence-corrected chi connectivity index (χ4v) is 3.05. The van der Waals surface area contributed by atoms with Gasteiger partial charge >= 0.3 is 0 Å². The standard InChI is InChI=1S/C15H14Br2FNO2/c1-20-14-6-9(5-12(17)15(14)21-2)8-19-13-4-3-10(18)7-11(13)16/h3-7,19H,8H2,1-2H3. The van der Waals surface area contributed by atoms with Crippen molar-refractivity contribution in [3.8, 4) is 11.5 Å². The lowest BCUT2D eigenvalue weighted by molar-refractivity contribution is 0.352. The molecule has 0 fully saturated rings. The van der Waals surface area contributed by atoms with Gasteiger partial charge in [0.1, 0.15) is 5.82 Å². The molecule has 2 aromatic carbocycles. The summed E-state index contributed by atoms with van der Waals surface area (Å²) in [7, 11) is 3.19. The lowest BCUT2D eigenvalue weighted by Gasteiger charge is -2.13. The van der Waals surface area contributed by atoms with Crippen molar-refractivity contribution in [1.82, 2.24) is 0 Å². The third-order valence-corrected chi connectivity index (χ3v) is 4.15. The van der Waals surface area contributed by atoms with Crippen LogP contribution in [0.1, 0.15) is 5.56 Å². The van der Waals surface area contributed by atoms with E-state index in [1.54, 1.807) is 20.3 Å². The first-order valence-corrected chi connectivity index (χ1v) is 7.73. The molecule has 0 aliphatic heterocycles. The molecule has 21 heavy (non-hydrogen) atoms. The molecule has 0 spiro atoms. The van der Waals surface area contributed by atoms with E-state index in [-0.39, 0.29) is 5.82 Å². The summed E-state index contributed by atoms with van der Waals surface area (Å²) in [4.78, 5) is 0. The molecule has 0 aliphatic rings. The monoisotopic (exact) mass is 417 g/mol. The minimum Gasteiger partial charge on any atom is -0.493 e. The van der Waals surface area contributed by atoms with Crippen LogP contribution in [0.25, 0.3) is 0 Å². The van der Waals surface area contributed by atoms with Gasteiger partial charge in [-0.2, -0.15) is 0 Å². The second-order valence-corrected chi connectivity index (χ2v) is 6.00. The first-order valence-electron chi connectivity index (χ1n) is 6.14. The lowest BCUT2D eigenvalue weighted by atomic mass is 10.2. The van der Waals surface area contributed by atoms with E-state index in [2.05, 4.69) is 37.2 Å². The normalized spacial score (nSPS) is 10.3. The first kappa shape index (κ1) is 16.1. The molecule has 2 rings (SSSR count). The molecule has 0 unspecified atom stereocenters. The maximum atomic E-state index is 13.1. The Morgan fingerprint density at radius 2 is 1.81 bits per heavy atom. The van der Waals surface area contributed by atoms with Crippen molar-refractivity contribution in [3.63, 3.8) is 0 Å². The van der Waals surface area contributed by atoms with E-state index in [0.29, 0.717) is 22.5 Å². The smallest absolute Gasteiger partial charge is 0.174 e. The Labute approximate surface area is 139 Å². The van der Waals surface area contributed by atoms with Crippen LogP contribution in [-0.4, -0.2) is 14.2 Å². The molecule has 0 saturated heterocycles. The number of hydrogen-bond donors (Lipinski definition) is 1. The van der Waals surface area contributed by atoms with Crippen LogP contribution in [0, 0.1) is 5.82 Å². The van der Waals surface area contributed by atoms with Gasteiger partial charge in [0.15, 0.2) is 11.5 Å². The van der Waals surface area contributed by atoms with Crippen molar-refractivity contribution >= 4 is 37.5 Å². The SMILES string of the molecule is COc1cc(CNc2ccc(F)cc2Br)cc(Br)c1OC. The van der Waals surface area contributed by atoms with Gasteiger partial charge < -0.3 is 14.8 Å². The van der Waals surface area contributed by atoms with Crippen molar-refractivity contribution in [3.05, 3.63) is 50.7 Å². The molecule has 6 heteroatoms. The maximum Gasteiger partial charge on any atom is 0.174 e. The molecule has 1 N–H and O–H groups in total. The van der Waals surface area contributed by atoms with Crippen LogP contribution in [0.4, 0.5) is 10.1 Å². The molecule has 0 amide bonds. The zero-order chi connectivity index (χ0) is 15.4. The molecule has 0 atom stereocenters. The molecule has 0 bridgehead atoms. The zero-order valence-corrected chi connectivity index (χ0v) is 14.7. The average Bonchev–Trinajstić information content (AvgIpc) is 2.45. The summed E-state index contributed by atoms with van der Waals surface area (Å²) < 4.78 is 25.1. The van der Waals surface area contributed by atoms with Gasteiger partial charge in [-0.3, -0.25) is 0 Å². The Morgan fingerprint density at radius 3 is 2.43 bits per heavy atom. The molecule has 0 saturated carbocycles. The predicted octanol–water partition coefficient (Wildman–Crippen LogP) is 4.98. The second-order valence-electron chi connectivity index (χ2n) is 4.29. The minimum absolute atomic E-state index is 0.277. The third-order valence-electron chi connectivity index (χ3n) is 2.91. The third kappa shape index (κ3) is 3.89. The number of halogens is 3. The minimum atomic E-state index is -0.277. The summed E-state index contributed by atoms with van der Waals surface area (Å²) in [5.74, 6) is 1.03. The van der Waals surface area contributed by atoms with E-state index < -0.39 is 0 Å². The Hall–Kier alpha value is -1.27. The van der Waals surface area contributed by atoms with Crippen molar-refractivity contribution in [2.75, 3.05) is 19.5 Å². The van der Waals surface area contributed by atoms with Crippen molar-refractivity contribution < 1.29 is 13.9 Å². The summed E-state index contributed by atoms with van der Waals surface area (Å²) in [6.45, 7) is 0.573. The first-order chi connectivity index (χ1) is 10.0. The average molecular weight is 419 g/mol. The van der Waals surface area contributed by atoms with Gasteiger partial charge in [-0.25, -0.2) is 4.39 Å². The summed E-state index contributed by atoms with van der Waals surface area (Å²) >= 11 is 6.79. The fraction of sp³-hybridized carbons (Fsp3) is 0.200. The largest absolute Gasteiger partial charge is 0.493 e. The summed E-state index contributed by atoms with van der Waals surface area (Å²) in [6, 6.07) is 8.37. The van der Waals surface area contributed by atoms with E-state index in [9.17, 15) is 4.39 Å². The summed E-state index contributed by atoms with van der Waals surface area (Å²) in [5, 5.41) is 3.24. The number of nitrogens with one attached hydrogen (secondary N) is 1. The fourth-order valence-electron chi connectivity index (χ4n) is 1.90. The highest BCUT2D eigenvalue weighted by Gasteiger charge is 2.10. The van der Waals surface area contributed by atoms with Gasteiger partial charge in [0.05, 0.1) is 18.7 Å². The van der Waals surface area contributed by atoms with E-state index in [1.165, 1.54) is 12.1 Å². The van der Waals surface area contributed by atoms with Gasteiger partial charge in [0.25, 0.3) is 0 Å². The van der Waals surface area contributed by atoms with Gasteiger partial charge in [0, 0.05) is 16.7 Å². The van der Waals surface area contributed by atoms with Crippen molar-refractivity contribution in [1.29, 1.82) is 0 Å². The van der Waals surface area contributed by atoms with Crippen molar-refractivity contribution in [2.45, 2.75) is 6.54 Å². The number of hydrogen-bond acceptors (Lipinski definition) is 3. The van der Waals surface area contributed by atoms with Crippen LogP contribution in [0.3, 0.4) is 0 Å². The van der Waals surface area contributed by atoms with E-state index >= 15 is 0 Å². The summed E-state index contributed by atoms with van der Waals surface area (Å²) in [6.07, 6.45) is 0. The van der Waals surface area contributed by atoms with E-state index in [4.69, 9.17) is 9.47 Å². The highest BCUT2D eigenvalue weighted by molar-refractivity contribution is 9.11. The number of anilines is 1. The van der Waals surface area contributed by atoms with Crippen LogP contribution >= 0.6 is 31.9 Å². The van der Waals surface area contributed by atoms with E-state index in [0.717, 1.165) is 15.7 Å². The van der Waals surface area contributed by atoms with Gasteiger partial charge in [-0.15, -0.1) is 0 Å². The highest BCUT2D eigenvalue weighted by atomic mass is 79.9. The molecule has 0 radical (unpaired) electrons. The zero-order valence-electron chi connectivity index (χ0n) is 11.5. The Balaban J connectivity index is 2.18. The number of rotatable bonds is 5. The second kappa shape index (κ2) is 7.13. The number of benzene rings is 2. The summed E-state index contributed by atoms with van der Waals surface area (Å²) in [5.41, 5.74) is 1.83. The Morgan fingerprint density at radius 1 is 1.05 bits per heavy atom. The molecule has 2 aromatic rings. The topological polar surface area (TPSA) is 30.5 Å². The molecule has 112 valence electrons. The number of methoxy groups -OCH3 is 2. The molecule has 0 aromatic heterocycles. The maximum absolute atomic E-state index is 13.1. The molecule has 0 heterocycles. The Kier molecular flexibility index (Phi) is 5.47. The van der Waals surface area contributed by atoms with Crippen LogP contribution in [0.2, 0.25) is 0 Å². The molecule has 0 aliphatic carbocycles. The lowest BCUT2D eigenvalue weighted by Crippen LogP contribution is -2.02. The highest BCUT2D eigenvalue weighted by Crippen LogP contribution is 2.36. The van der Waals surface area contributed by atoms with Crippen LogP contribution < -0.4 is 14.8 Å². The molecule has 3 nitrogen and oxygen atoms in total. The molecular weight excluding hydrogens is 405 g/mol. The van der Waals surface area contributed by atoms with Crippen molar-refractivity contribution in [2.24, 2.45) is 0 Å². The number of ether oxygens (including phenoxy) is 2. The van der Waals surface area contributed by atoms with Crippen LogP contribution in [0.5, 0.6) is 11.5 Å². The van der Waals surface area contributed by atoms with Gasteiger partial charge in [0.2, 0.25) is 0 Å². The van der Waals surface area contributed by atoms with Crippen LogP contribution in [0.15, 0.2) is 39.3 Å². The van der Waals surface area contributed by atoms with Crippen LogP contribution in [-0.2, 0) is 6.54 Å². The Bertz CT molecular complexity index is 650. The van der Waals surface area contributed by atoms with E-state index in [1.807, 2.05) is 12.1 Å². The predicted molar refractivity (Wildman–Crippen MR) is 88.7 cm³/mol. The molecular formula is C15H14Br2FNO2.